The summed E-state index contributed by atoms with van der Waals surface area (Å²) >= 11 is 16.6. The lowest BCUT2D eigenvalue weighted by molar-refractivity contribution is 0.146. The molecule has 1 N–H and O–H groups in total. The standard InChI is InChI=1S/C14H13BrCl2O3S/c1-19-4-5-20-11-3-2-8(6-10(11)15)13(18)9-7-12(16)21-14(9)17/h2-3,6-7,13,18H,4-5H2,1H3. The van der Waals surface area contributed by atoms with Crippen LogP contribution in [0.25, 0.3) is 0 Å². The molecule has 1 aromatic carbocycles. The number of methoxy groups -OCH3 is 1. The number of halogens is 3. The summed E-state index contributed by atoms with van der Waals surface area (Å²) in [6.07, 6.45) is -0.828. The minimum atomic E-state index is -0.828. The molecule has 0 spiro atoms. The number of hydrogen-bond donors (Lipinski definition) is 1. The lowest BCUT2D eigenvalue weighted by atomic mass is 10.0. The van der Waals surface area contributed by atoms with E-state index in [1.807, 2.05) is 0 Å². The predicted molar refractivity (Wildman–Crippen MR) is 89.9 cm³/mol. The SMILES string of the molecule is COCCOc1ccc(C(O)c2cc(Cl)sc2Cl)cc1Br. The third-order valence-electron chi connectivity index (χ3n) is 2.79. The van der Waals surface area contributed by atoms with E-state index in [2.05, 4.69) is 15.9 Å². The van der Waals surface area contributed by atoms with Crippen LogP contribution in [0.15, 0.2) is 28.7 Å². The van der Waals surface area contributed by atoms with E-state index in [-0.39, 0.29) is 0 Å². The minimum Gasteiger partial charge on any atom is -0.490 e. The first-order valence-corrected chi connectivity index (χ1v) is 8.43. The smallest absolute Gasteiger partial charge is 0.133 e. The van der Waals surface area contributed by atoms with E-state index in [1.165, 1.54) is 11.3 Å². The van der Waals surface area contributed by atoms with Crippen LogP contribution >= 0.6 is 50.5 Å². The molecule has 0 aliphatic rings. The van der Waals surface area contributed by atoms with Crippen molar-refractivity contribution >= 4 is 50.5 Å². The Morgan fingerprint density at radius 3 is 2.62 bits per heavy atom. The van der Waals surface area contributed by atoms with Crippen molar-refractivity contribution in [3.63, 3.8) is 0 Å². The molecule has 0 aliphatic heterocycles. The van der Waals surface area contributed by atoms with Gasteiger partial charge in [-0.05, 0) is 39.7 Å². The lowest BCUT2D eigenvalue weighted by Gasteiger charge is -2.13. The Morgan fingerprint density at radius 1 is 1.29 bits per heavy atom. The van der Waals surface area contributed by atoms with Gasteiger partial charge in [0.25, 0.3) is 0 Å². The van der Waals surface area contributed by atoms with Gasteiger partial charge in [0.15, 0.2) is 0 Å². The third kappa shape index (κ3) is 4.34. The highest BCUT2D eigenvalue weighted by Crippen LogP contribution is 2.38. The fraction of sp³-hybridized carbons (Fsp3) is 0.286. The quantitative estimate of drug-likeness (QED) is 0.685. The van der Waals surface area contributed by atoms with Gasteiger partial charge in [-0.1, -0.05) is 29.3 Å². The van der Waals surface area contributed by atoms with Gasteiger partial charge in [-0.15, -0.1) is 11.3 Å². The van der Waals surface area contributed by atoms with Crippen LogP contribution in [0, 0.1) is 0 Å². The highest BCUT2D eigenvalue weighted by atomic mass is 79.9. The maximum absolute atomic E-state index is 10.4. The molecule has 1 heterocycles. The normalized spacial score (nSPS) is 12.4. The van der Waals surface area contributed by atoms with Crippen molar-refractivity contribution in [1.82, 2.24) is 0 Å². The average molecular weight is 412 g/mol. The Labute approximate surface area is 145 Å². The molecule has 0 amide bonds. The third-order valence-corrected chi connectivity index (χ3v) is 4.93. The van der Waals surface area contributed by atoms with Gasteiger partial charge < -0.3 is 14.6 Å². The van der Waals surface area contributed by atoms with Crippen LogP contribution < -0.4 is 4.74 Å². The molecule has 114 valence electrons. The van der Waals surface area contributed by atoms with Crippen LogP contribution in [0.4, 0.5) is 0 Å². The Bertz CT molecular complexity index is 618. The Morgan fingerprint density at radius 2 is 2.05 bits per heavy atom. The van der Waals surface area contributed by atoms with E-state index in [4.69, 9.17) is 32.7 Å². The fourth-order valence-electron chi connectivity index (χ4n) is 1.76. The van der Waals surface area contributed by atoms with Gasteiger partial charge >= 0.3 is 0 Å². The Kier molecular flexibility index (Phi) is 6.34. The molecule has 3 nitrogen and oxygen atoms in total. The average Bonchev–Trinajstić information content (AvgIpc) is 2.79. The van der Waals surface area contributed by atoms with Crippen LogP contribution in [0.5, 0.6) is 5.75 Å². The largest absolute Gasteiger partial charge is 0.490 e. The molecule has 0 bridgehead atoms. The summed E-state index contributed by atoms with van der Waals surface area (Å²) in [6, 6.07) is 7.06. The van der Waals surface area contributed by atoms with Gasteiger partial charge in [0.2, 0.25) is 0 Å². The van der Waals surface area contributed by atoms with E-state index >= 15 is 0 Å². The van der Waals surface area contributed by atoms with Crippen molar-refractivity contribution in [3.05, 3.63) is 48.5 Å². The maximum Gasteiger partial charge on any atom is 0.133 e. The van der Waals surface area contributed by atoms with Crippen LogP contribution in [-0.4, -0.2) is 25.4 Å². The zero-order valence-corrected chi connectivity index (χ0v) is 15.0. The van der Waals surface area contributed by atoms with Crippen LogP contribution in [0.2, 0.25) is 8.67 Å². The van der Waals surface area contributed by atoms with Crippen LogP contribution in [0.3, 0.4) is 0 Å². The minimum absolute atomic E-state index is 0.461. The first-order valence-electron chi connectivity index (χ1n) is 6.07. The summed E-state index contributed by atoms with van der Waals surface area (Å²) < 4.78 is 12.3. The summed E-state index contributed by atoms with van der Waals surface area (Å²) in [5, 5.41) is 10.4. The topological polar surface area (TPSA) is 38.7 Å². The van der Waals surface area contributed by atoms with E-state index in [0.29, 0.717) is 38.8 Å². The van der Waals surface area contributed by atoms with Gasteiger partial charge in [0, 0.05) is 12.7 Å². The molecule has 0 radical (unpaired) electrons. The maximum atomic E-state index is 10.4. The second kappa shape index (κ2) is 7.81. The molecule has 0 saturated carbocycles. The van der Waals surface area contributed by atoms with Crippen LogP contribution in [0.1, 0.15) is 17.2 Å². The van der Waals surface area contributed by atoms with Crippen molar-refractivity contribution in [2.75, 3.05) is 20.3 Å². The Hall–Kier alpha value is -0.300. The lowest BCUT2D eigenvalue weighted by Crippen LogP contribution is -2.05. The van der Waals surface area contributed by atoms with Gasteiger partial charge in [0.1, 0.15) is 22.8 Å². The highest BCUT2D eigenvalue weighted by molar-refractivity contribution is 9.10. The van der Waals surface area contributed by atoms with Gasteiger partial charge in [-0.2, -0.15) is 0 Å². The zero-order chi connectivity index (χ0) is 15.4. The highest BCUT2D eigenvalue weighted by Gasteiger charge is 2.18. The number of hydrogen-bond acceptors (Lipinski definition) is 4. The van der Waals surface area contributed by atoms with E-state index in [0.717, 1.165) is 4.47 Å². The molecular weight excluding hydrogens is 399 g/mol. The van der Waals surface area contributed by atoms with E-state index in [1.54, 1.807) is 31.4 Å². The Balaban J connectivity index is 2.17. The molecule has 0 saturated heterocycles. The summed E-state index contributed by atoms with van der Waals surface area (Å²) in [7, 11) is 1.62. The number of rotatable bonds is 6. The first kappa shape index (κ1) is 17.1. The van der Waals surface area contributed by atoms with Gasteiger partial charge in [-0.3, -0.25) is 0 Å². The molecule has 2 rings (SSSR count). The number of aliphatic hydroxyl groups excluding tert-OH is 1. The van der Waals surface area contributed by atoms with Gasteiger partial charge in [0.05, 0.1) is 15.4 Å². The summed E-state index contributed by atoms with van der Waals surface area (Å²) in [6.45, 7) is 0.975. The monoisotopic (exact) mass is 410 g/mol. The predicted octanol–water partition coefficient (Wildman–Crippen LogP) is 4.92. The molecule has 7 heteroatoms. The fourth-order valence-corrected chi connectivity index (χ4v) is 3.79. The summed E-state index contributed by atoms with van der Waals surface area (Å²) in [5.41, 5.74) is 1.31. The molecular formula is C14H13BrCl2O3S. The van der Waals surface area contributed by atoms with E-state index in [9.17, 15) is 5.11 Å². The van der Waals surface area contributed by atoms with Crippen LogP contribution in [-0.2, 0) is 4.74 Å². The molecule has 1 unspecified atom stereocenters. The molecule has 0 aliphatic carbocycles. The first-order chi connectivity index (χ1) is 10.0. The van der Waals surface area contributed by atoms with Crippen molar-refractivity contribution in [1.29, 1.82) is 0 Å². The number of aliphatic hydroxyl groups is 1. The molecule has 1 aromatic heterocycles. The number of thiophene rings is 1. The van der Waals surface area contributed by atoms with Crippen molar-refractivity contribution < 1.29 is 14.6 Å². The molecule has 2 aromatic rings. The van der Waals surface area contributed by atoms with Crippen molar-refractivity contribution in [3.8, 4) is 5.75 Å². The second-order valence-corrected chi connectivity index (χ2v) is 7.35. The van der Waals surface area contributed by atoms with Gasteiger partial charge in [-0.25, -0.2) is 0 Å². The number of ether oxygens (including phenoxy) is 2. The van der Waals surface area contributed by atoms with Crippen molar-refractivity contribution in [2.45, 2.75) is 6.10 Å². The zero-order valence-electron chi connectivity index (χ0n) is 11.1. The molecule has 0 fully saturated rings. The second-order valence-electron chi connectivity index (χ2n) is 4.21. The number of benzene rings is 1. The molecule has 1 atom stereocenters. The summed E-state index contributed by atoms with van der Waals surface area (Å²) in [4.78, 5) is 0. The molecule has 21 heavy (non-hydrogen) atoms. The van der Waals surface area contributed by atoms with Crippen molar-refractivity contribution in [2.24, 2.45) is 0 Å². The van der Waals surface area contributed by atoms with E-state index < -0.39 is 6.10 Å². The summed E-state index contributed by atoms with van der Waals surface area (Å²) in [5.74, 6) is 0.692.